The summed E-state index contributed by atoms with van der Waals surface area (Å²) in [7, 11) is 0. The molecule has 0 heterocycles. The van der Waals surface area contributed by atoms with E-state index in [9.17, 15) is 0 Å². The first kappa shape index (κ1) is 12.0. The predicted octanol–water partition coefficient (Wildman–Crippen LogP) is 2.01. The Hall–Kier alpha value is -0.0800. The lowest BCUT2D eigenvalue weighted by Gasteiger charge is -2.27. The minimum Gasteiger partial charge on any atom is -0.315 e. The first-order valence-electron chi connectivity index (χ1n) is 5.94. The van der Waals surface area contributed by atoms with E-state index in [4.69, 9.17) is 0 Å². The molecule has 1 aliphatic carbocycles. The van der Waals surface area contributed by atoms with E-state index in [0.717, 1.165) is 31.6 Å². The Bertz CT molecular complexity index is 156. The molecule has 0 saturated heterocycles. The van der Waals surface area contributed by atoms with Crippen LogP contribution in [0.15, 0.2) is 0 Å². The lowest BCUT2D eigenvalue weighted by atomic mass is 9.82. The molecule has 2 nitrogen and oxygen atoms in total. The Morgan fingerprint density at radius 1 is 1.21 bits per heavy atom. The van der Waals surface area contributed by atoms with Crippen molar-refractivity contribution in [2.75, 3.05) is 19.6 Å². The normalized spacial score (nSPS) is 19.7. The van der Waals surface area contributed by atoms with E-state index in [1.165, 1.54) is 12.8 Å². The molecule has 1 aliphatic rings. The zero-order valence-electron chi connectivity index (χ0n) is 10.2. The maximum atomic E-state index is 3.51. The van der Waals surface area contributed by atoms with Gasteiger partial charge in [0.1, 0.15) is 0 Å². The van der Waals surface area contributed by atoms with E-state index in [-0.39, 0.29) is 0 Å². The molecule has 0 aromatic carbocycles. The molecule has 2 N–H and O–H groups in total. The van der Waals surface area contributed by atoms with Crippen LogP contribution in [0.2, 0.25) is 0 Å². The van der Waals surface area contributed by atoms with Gasteiger partial charge in [-0.05, 0) is 30.7 Å². The molecule has 0 spiro atoms. The SMILES string of the molecule is CC(CNCCNC1CC1)C(C)(C)C. The third-order valence-corrected chi connectivity index (χ3v) is 3.24. The summed E-state index contributed by atoms with van der Waals surface area (Å²) in [6.07, 6.45) is 2.77. The lowest BCUT2D eigenvalue weighted by Crippen LogP contribution is -2.34. The average Bonchev–Trinajstić information content (AvgIpc) is 2.85. The van der Waals surface area contributed by atoms with Gasteiger partial charge in [-0.25, -0.2) is 0 Å². The van der Waals surface area contributed by atoms with Crippen molar-refractivity contribution in [2.45, 2.75) is 46.6 Å². The van der Waals surface area contributed by atoms with E-state index in [2.05, 4.69) is 38.3 Å². The summed E-state index contributed by atoms with van der Waals surface area (Å²) in [4.78, 5) is 0. The van der Waals surface area contributed by atoms with Crippen molar-refractivity contribution in [3.63, 3.8) is 0 Å². The van der Waals surface area contributed by atoms with Crippen LogP contribution in [0.25, 0.3) is 0 Å². The van der Waals surface area contributed by atoms with Gasteiger partial charge in [0.15, 0.2) is 0 Å². The van der Waals surface area contributed by atoms with Crippen LogP contribution in [0.3, 0.4) is 0 Å². The smallest absolute Gasteiger partial charge is 0.00793 e. The molecule has 0 aromatic rings. The van der Waals surface area contributed by atoms with Gasteiger partial charge >= 0.3 is 0 Å². The lowest BCUT2D eigenvalue weighted by molar-refractivity contribution is 0.253. The van der Waals surface area contributed by atoms with Crippen molar-refractivity contribution >= 4 is 0 Å². The van der Waals surface area contributed by atoms with Crippen molar-refractivity contribution in [3.05, 3.63) is 0 Å². The molecule has 1 atom stereocenters. The molecule has 84 valence electrons. The minimum absolute atomic E-state index is 0.428. The van der Waals surface area contributed by atoms with Gasteiger partial charge < -0.3 is 10.6 Å². The van der Waals surface area contributed by atoms with Gasteiger partial charge in [-0.15, -0.1) is 0 Å². The molecule has 1 fully saturated rings. The Kier molecular flexibility index (Phi) is 4.39. The van der Waals surface area contributed by atoms with Gasteiger partial charge in [0, 0.05) is 19.1 Å². The van der Waals surface area contributed by atoms with E-state index in [1.807, 2.05) is 0 Å². The van der Waals surface area contributed by atoms with Crippen molar-refractivity contribution in [2.24, 2.45) is 11.3 Å². The molecule has 0 amide bonds. The third-order valence-electron chi connectivity index (χ3n) is 3.24. The van der Waals surface area contributed by atoms with Crippen LogP contribution in [-0.2, 0) is 0 Å². The van der Waals surface area contributed by atoms with Crippen molar-refractivity contribution in [1.29, 1.82) is 0 Å². The fraction of sp³-hybridized carbons (Fsp3) is 1.00. The van der Waals surface area contributed by atoms with E-state index < -0.39 is 0 Å². The highest BCUT2D eigenvalue weighted by molar-refractivity contribution is 4.81. The van der Waals surface area contributed by atoms with Gasteiger partial charge in [0.25, 0.3) is 0 Å². The molecule has 0 aliphatic heterocycles. The minimum atomic E-state index is 0.428. The second kappa shape index (κ2) is 5.13. The van der Waals surface area contributed by atoms with Gasteiger partial charge in [0.2, 0.25) is 0 Å². The Balaban J connectivity index is 1.91. The zero-order valence-corrected chi connectivity index (χ0v) is 10.2. The summed E-state index contributed by atoms with van der Waals surface area (Å²) < 4.78 is 0. The van der Waals surface area contributed by atoms with Crippen LogP contribution in [-0.4, -0.2) is 25.7 Å². The van der Waals surface area contributed by atoms with Gasteiger partial charge in [-0.1, -0.05) is 27.7 Å². The summed E-state index contributed by atoms with van der Waals surface area (Å²) in [5, 5.41) is 7.02. The quantitative estimate of drug-likeness (QED) is 0.638. The summed E-state index contributed by atoms with van der Waals surface area (Å²) in [6.45, 7) is 12.6. The Labute approximate surface area is 88.8 Å². The van der Waals surface area contributed by atoms with Crippen LogP contribution in [0, 0.1) is 11.3 Å². The molecule has 1 saturated carbocycles. The summed E-state index contributed by atoms with van der Waals surface area (Å²) in [5.41, 5.74) is 0.428. The number of nitrogens with one attached hydrogen (secondary N) is 2. The molecule has 2 heteroatoms. The highest BCUT2D eigenvalue weighted by Gasteiger charge is 2.20. The van der Waals surface area contributed by atoms with Crippen LogP contribution < -0.4 is 10.6 Å². The third kappa shape index (κ3) is 4.97. The Morgan fingerprint density at radius 3 is 2.36 bits per heavy atom. The maximum absolute atomic E-state index is 3.51. The highest BCUT2D eigenvalue weighted by atomic mass is 15.0. The Morgan fingerprint density at radius 2 is 1.86 bits per heavy atom. The molecular weight excluding hydrogens is 172 g/mol. The second-order valence-electron chi connectivity index (χ2n) is 5.70. The van der Waals surface area contributed by atoms with E-state index in [0.29, 0.717) is 5.41 Å². The monoisotopic (exact) mass is 198 g/mol. The molecule has 0 bridgehead atoms. The first-order chi connectivity index (χ1) is 6.50. The first-order valence-corrected chi connectivity index (χ1v) is 5.94. The summed E-state index contributed by atoms with van der Waals surface area (Å²) in [5.74, 6) is 0.739. The highest BCUT2D eigenvalue weighted by Crippen LogP contribution is 2.24. The van der Waals surface area contributed by atoms with E-state index in [1.54, 1.807) is 0 Å². The van der Waals surface area contributed by atoms with Crippen LogP contribution >= 0.6 is 0 Å². The molecule has 0 radical (unpaired) electrons. The second-order valence-corrected chi connectivity index (χ2v) is 5.70. The molecule has 1 rings (SSSR count). The number of rotatable bonds is 6. The van der Waals surface area contributed by atoms with Crippen molar-refractivity contribution < 1.29 is 0 Å². The van der Waals surface area contributed by atoms with Crippen molar-refractivity contribution in [3.8, 4) is 0 Å². The van der Waals surface area contributed by atoms with Gasteiger partial charge in [-0.2, -0.15) is 0 Å². The number of hydrogen-bond donors (Lipinski definition) is 2. The standard InChI is InChI=1S/C12H26N2/c1-10(12(2,3)4)9-13-7-8-14-11-5-6-11/h10-11,13-14H,5-9H2,1-4H3. The number of hydrogen-bond acceptors (Lipinski definition) is 2. The molecular formula is C12H26N2. The maximum Gasteiger partial charge on any atom is 0.00793 e. The fourth-order valence-corrected chi connectivity index (χ4v) is 1.28. The average molecular weight is 198 g/mol. The molecule has 14 heavy (non-hydrogen) atoms. The fourth-order valence-electron chi connectivity index (χ4n) is 1.28. The molecule has 0 aromatic heterocycles. The van der Waals surface area contributed by atoms with Crippen LogP contribution in [0.4, 0.5) is 0 Å². The topological polar surface area (TPSA) is 24.1 Å². The molecule has 1 unspecified atom stereocenters. The summed E-state index contributed by atoms with van der Waals surface area (Å²) in [6, 6.07) is 0.844. The van der Waals surface area contributed by atoms with E-state index >= 15 is 0 Å². The van der Waals surface area contributed by atoms with Crippen LogP contribution in [0.5, 0.6) is 0 Å². The zero-order chi connectivity index (χ0) is 10.6. The van der Waals surface area contributed by atoms with Crippen molar-refractivity contribution in [1.82, 2.24) is 10.6 Å². The van der Waals surface area contributed by atoms with Gasteiger partial charge in [-0.3, -0.25) is 0 Å². The van der Waals surface area contributed by atoms with Gasteiger partial charge in [0.05, 0.1) is 0 Å². The van der Waals surface area contributed by atoms with Crippen LogP contribution in [0.1, 0.15) is 40.5 Å². The largest absolute Gasteiger partial charge is 0.315 e. The summed E-state index contributed by atoms with van der Waals surface area (Å²) >= 11 is 0. The predicted molar refractivity (Wildman–Crippen MR) is 62.5 cm³/mol.